The number of aromatic nitrogens is 2. The lowest BCUT2D eigenvalue weighted by Gasteiger charge is -2.11. The zero-order valence-electron chi connectivity index (χ0n) is 13.1. The van der Waals surface area contributed by atoms with Crippen LogP contribution in [0.5, 0.6) is 0 Å². The minimum Gasteiger partial charge on any atom is -0.309 e. The van der Waals surface area contributed by atoms with Gasteiger partial charge in [-0.25, -0.2) is 13.1 Å². The van der Waals surface area contributed by atoms with Crippen LogP contribution in [0.4, 0.5) is 5.69 Å². The second-order valence-electron chi connectivity index (χ2n) is 4.88. The predicted molar refractivity (Wildman–Crippen MR) is 88.3 cm³/mol. The van der Waals surface area contributed by atoms with Crippen molar-refractivity contribution in [3.63, 3.8) is 0 Å². The van der Waals surface area contributed by atoms with Gasteiger partial charge in [0.15, 0.2) is 0 Å². The number of hydrogen-bond donors (Lipinski definition) is 1. The first-order valence-corrected chi connectivity index (χ1v) is 8.30. The number of benzene rings is 1. The van der Waals surface area contributed by atoms with Crippen molar-refractivity contribution >= 4 is 27.7 Å². The normalized spacial score (nSPS) is 11.8. The Morgan fingerprint density at radius 1 is 1.30 bits per heavy atom. The molecule has 7 nitrogen and oxygen atoms in total. The zero-order valence-corrected chi connectivity index (χ0v) is 13.9. The molecule has 0 atom stereocenters. The molecule has 122 valence electrons. The molecule has 1 N–H and O–H groups in total. The Morgan fingerprint density at radius 2 is 1.96 bits per heavy atom. The van der Waals surface area contributed by atoms with E-state index < -0.39 is 10.0 Å². The van der Waals surface area contributed by atoms with Crippen LogP contribution in [-0.2, 0) is 21.9 Å². The van der Waals surface area contributed by atoms with E-state index in [0.717, 1.165) is 5.56 Å². The van der Waals surface area contributed by atoms with Gasteiger partial charge in [0, 0.05) is 26.4 Å². The lowest BCUT2D eigenvalue weighted by atomic mass is 10.2. The van der Waals surface area contributed by atoms with Gasteiger partial charge < -0.3 is 4.90 Å². The SMILES string of the molecule is CNS(=O)(=O)c1ccc(/C=C\C(=O)N(C)c2cnn(C)c2)cc1. The van der Waals surface area contributed by atoms with Gasteiger partial charge in [-0.05, 0) is 30.8 Å². The molecule has 2 rings (SSSR count). The maximum absolute atomic E-state index is 12.1. The summed E-state index contributed by atoms with van der Waals surface area (Å²) in [5.74, 6) is -0.204. The average Bonchev–Trinajstić information content (AvgIpc) is 2.98. The van der Waals surface area contributed by atoms with E-state index in [-0.39, 0.29) is 10.8 Å². The third-order valence-electron chi connectivity index (χ3n) is 3.29. The minimum atomic E-state index is -3.45. The quantitative estimate of drug-likeness (QED) is 0.827. The fourth-order valence-corrected chi connectivity index (χ4v) is 2.59. The van der Waals surface area contributed by atoms with E-state index in [0.29, 0.717) is 5.69 Å². The Kier molecular flexibility index (Phi) is 4.97. The van der Waals surface area contributed by atoms with Crippen molar-refractivity contribution in [1.29, 1.82) is 0 Å². The van der Waals surface area contributed by atoms with Crippen molar-refractivity contribution in [2.45, 2.75) is 4.90 Å². The summed E-state index contributed by atoms with van der Waals surface area (Å²) in [5, 5.41) is 4.02. The zero-order chi connectivity index (χ0) is 17.0. The molecule has 0 radical (unpaired) electrons. The summed E-state index contributed by atoms with van der Waals surface area (Å²) < 4.78 is 27.1. The predicted octanol–water partition coefficient (Wildman–Crippen LogP) is 1.00. The maximum Gasteiger partial charge on any atom is 0.250 e. The lowest BCUT2D eigenvalue weighted by molar-refractivity contribution is -0.113. The van der Waals surface area contributed by atoms with Gasteiger partial charge in [-0.3, -0.25) is 9.48 Å². The Morgan fingerprint density at radius 3 is 2.48 bits per heavy atom. The van der Waals surface area contributed by atoms with E-state index in [1.54, 1.807) is 49.4 Å². The Hall–Kier alpha value is -2.45. The number of aryl methyl sites for hydroxylation is 1. The third kappa shape index (κ3) is 4.05. The minimum absolute atomic E-state index is 0.177. The highest BCUT2D eigenvalue weighted by Gasteiger charge is 2.11. The smallest absolute Gasteiger partial charge is 0.250 e. The molecule has 0 bridgehead atoms. The first kappa shape index (κ1) is 16.9. The van der Waals surface area contributed by atoms with Gasteiger partial charge in [-0.15, -0.1) is 0 Å². The van der Waals surface area contributed by atoms with E-state index in [9.17, 15) is 13.2 Å². The summed E-state index contributed by atoms with van der Waals surface area (Å²) in [6.45, 7) is 0. The van der Waals surface area contributed by atoms with Crippen LogP contribution >= 0.6 is 0 Å². The van der Waals surface area contributed by atoms with Crippen molar-refractivity contribution in [3.8, 4) is 0 Å². The number of nitrogens with one attached hydrogen (secondary N) is 1. The molecular weight excluding hydrogens is 316 g/mol. The van der Waals surface area contributed by atoms with Crippen LogP contribution in [0.25, 0.3) is 6.08 Å². The first-order chi connectivity index (χ1) is 10.8. The molecule has 0 saturated heterocycles. The largest absolute Gasteiger partial charge is 0.309 e. The number of carbonyl (C=O) groups excluding carboxylic acids is 1. The van der Waals surface area contributed by atoms with Crippen LogP contribution in [0.15, 0.2) is 47.6 Å². The second kappa shape index (κ2) is 6.76. The van der Waals surface area contributed by atoms with Gasteiger partial charge in [0.2, 0.25) is 10.0 Å². The summed E-state index contributed by atoms with van der Waals surface area (Å²) in [5.41, 5.74) is 1.42. The van der Waals surface area contributed by atoms with Gasteiger partial charge in [0.1, 0.15) is 0 Å². The number of anilines is 1. The molecule has 1 aromatic heterocycles. The summed E-state index contributed by atoms with van der Waals surface area (Å²) in [4.78, 5) is 13.7. The van der Waals surface area contributed by atoms with Crippen molar-refractivity contribution < 1.29 is 13.2 Å². The molecule has 0 unspecified atom stereocenters. The fraction of sp³-hybridized carbons (Fsp3) is 0.200. The first-order valence-electron chi connectivity index (χ1n) is 6.81. The van der Waals surface area contributed by atoms with E-state index in [1.165, 1.54) is 30.2 Å². The molecule has 1 aromatic carbocycles. The van der Waals surface area contributed by atoms with Gasteiger partial charge >= 0.3 is 0 Å². The number of carbonyl (C=O) groups is 1. The molecule has 2 aromatic rings. The molecule has 1 heterocycles. The number of hydrogen-bond acceptors (Lipinski definition) is 4. The highest BCUT2D eigenvalue weighted by atomic mass is 32.2. The topological polar surface area (TPSA) is 84.3 Å². The molecule has 1 amide bonds. The number of rotatable bonds is 5. The van der Waals surface area contributed by atoms with Gasteiger partial charge in [0.25, 0.3) is 5.91 Å². The van der Waals surface area contributed by atoms with E-state index in [2.05, 4.69) is 9.82 Å². The highest BCUT2D eigenvalue weighted by molar-refractivity contribution is 7.89. The van der Waals surface area contributed by atoms with Crippen molar-refractivity contribution in [1.82, 2.24) is 14.5 Å². The summed E-state index contributed by atoms with van der Waals surface area (Å²) in [6, 6.07) is 6.25. The molecule has 0 fully saturated rings. The van der Waals surface area contributed by atoms with Gasteiger partial charge in [0.05, 0.1) is 16.8 Å². The molecule has 8 heteroatoms. The number of sulfonamides is 1. The van der Waals surface area contributed by atoms with Gasteiger partial charge in [-0.2, -0.15) is 5.10 Å². The fourth-order valence-electron chi connectivity index (χ4n) is 1.86. The molecule has 0 aliphatic rings. The van der Waals surface area contributed by atoms with Crippen LogP contribution in [0.2, 0.25) is 0 Å². The standard InChI is InChI=1S/C15H18N4O3S/c1-16-23(21,22)14-7-4-12(5-8-14)6-9-15(20)19(3)13-10-17-18(2)11-13/h4-11,16H,1-3H3/b9-6-. The lowest BCUT2D eigenvalue weighted by Crippen LogP contribution is -2.23. The molecule has 0 saturated carbocycles. The van der Waals surface area contributed by atoms with E-state index >= 15 is 0 Å². The van der Waals surface area contributed by atoms with E-state index in [4.69, 9.17) is 0 Å². The van der Waals surface area contributed by atoms with Crippen LogP contribution in [0.3, 0.4) is 0 Å². The number of amides is 1. The van der Waals surface area contributed by atoms with Crippen LogP contribution in [0, 0.1) is 0 Å². The second-order valence-corrected chi connectivity index (χ2v) is 6.77. The van der Waals surface area contributed by atoms with Crippen molar-refractivity contribution in [2.75, 3.05) is 19.0 Å². The molecule has 0 spiro atoms. The Balaban J connectivity index is 2.09. The van der Waals surface area contributed by atoms with E-state index in [1.807, 2.05) is 0 Å². The Labute approximate surface area is 135 Å². The maximum atomic E-state index is 12.1. The molecular formula is C15H18N4O3S. The summed E-state index contributed by atoms with van der Waals surface area (Å²) in [7, 11) is 1.34. The molecule has 23 heavy (non-hydrogen) atoms. The third-order valence-corrected chi connectivity index (χ3v) is 4.72. The van der Waals surface area contributed by atoms with Crippen LogP contribution in [0.1, 0.15) is 5.56 Å². The molecule has 0 aliphatic carbocycles. The van der Waals surface area contributed by atoms with Crippen LogP contribution in [-0.4, -0.2) is 38.2 Å². The van der Waals surface area contributed by atoms with Gasteiger partial charge in [-0.1, -0.05) is 12.1 Å². The summed E-state index contributed by atoms with van der Waals surface area (Å²) >= 11 is 0. The Bertz CT molecular complexity index is 823. The molecule has 0 aliphatic heterocycles. The van der Waals surface area contributed by atoms with Crippen LogP contribution < -0.4 is 9.62 Å². The average molecular weight is 334 g/mol. The number of likely N-dealkylation sites (N-methyl/N-ethyl adjacent to an activating group) is 1. The van der Waals surface area contributed by atoms with Crippen molar-refractivity contribution in [2.24, 2.45) is 7.05 Å². The van der Waals surface area contributed by atoms with Crippen molar-refractivity contribution in [3.05, 3.63) is 48.3 Å². The monoisotopic (exact) mass is 334 g/mol. The highest BCUT2D eigenvalue weighted by Crippen LogP contribution is 2.13. The number of nitrogens with zero attached hydrogens (tertiary/aromatic N) is 3. The summed E-state index contributed by atoms with van der Waals surface area (Å²) in [6.07, 6.45) is 6.39.